The Morgan fingerprint density at radius 2 is 1.97 bits per heavy atom. The number of nitrogens with zero attached hydrogens (tertiary/aromatic N) is 3. The number of carboxylic acid groups (broad SMARTS) is 1. The summed E-state index contributed by atoms with van der Waals surface area (Å²) in [5.41, 5.74) is 2.42. The van der Waals surface area contributed by atoms with Gasteiger partial charge in [-0.15, -0.1) is 0 Å². The van der Waals surface area contributed by atoms with Crippen LogP contribution in [0.2, 0.25) is 5.02 Å². The molecule has 5 rings (SSSR count). The molecule has 6 nitrogen and oxygen atoms in total. The Hall–Kier alpha value is -2.64. The first-order valence-electron chi connectivity index (χ1n) is 11.4. The molecule has 1 saturated carbocycles. The molecular weight excluding hydrogens is 445 g/mol. The highest BCUT2D eigenvalue weighted by Gasteiger charge is 2.38. The van der Waals surface area contributed by atoms with Gasteiger partial charge in [0, 0.05) is 40.7 Å². The van der Waals surface area contributed by atoms with Crippen LogP contribution in [-0.4, -0.2) is 45.6 Å². The van der Waals surface area contributed by atoms with Crippen LogP contribution >= 0.6 is 11.6 Å². The van der Waals surface area contributed by atoms with Gasteiger partial charge in [0.15, 0.2) is 0 Å². The fourth-order valence-corrected chi connectivity index (χ4v) is 5.03. The molecule has 2 aromatic carbocycles. The van der Waals surface area contributed by atoms with Crippen LogP contribution < -0.4 is 0 Å². The maximum Gasteiger partial charge on any atom is 0.407 e. The Bertz CT molecular complexity index is 1170. The monoisotopic (exact) mass is 471 g/mol. The summed E-state index contributed by atoms with van der Waals surface area (Å²) in [7, 11) is 0. The zero-order valence-electron chi connectivity index (χ0n) is 18.5. The van der Waals surface area contributed by atoms with E-state index in [2.05, 4.69) is 6.20 Å². The number of benzene rings is 2. The molecule has 8 heteroatoms. The lowest BCUT2D eigenvalue weighted by atomic mass is 9.73. The van der Waals surface area contributed by atoms with E-state index in [9.17, 15) is 14.3 Å². The number of amides is 1. The molecule has 1 unspecified atom stereocenters. The third-order valence-electron chi connectivity index (χ3n) is 7.04. The van der Waals surface area contributed by atoms with E-state index in [0.29, 0.717) is 43.6 Å². The largest absolute Gasteiger partial charge is 0.465 e. The molecule has 1 aliphatic heterocycles. The van der Waals surface area contributed by atoms with Crippen molar-refractivity contribution in [3.8, 4) is 0 Å². The number of fused-ring (bicyclic) bond motifs is 1. The molecule has 174 valence electrons. The molecule has 2 heterocycles. The fraction of sp³-hybridized carbons (Fsp3) is 0.440. The lowest BCUT2D eigenvalue weighted by Gasteiger charge is -2.41. The average Bonchev–Trinajstić information content (AvgIpc) is 3.57. The normalized spacial score (nSPS) is 19.1. The molecule has 1 saturated heterocycles. The quantitative estimate of drug-likeness (QED) is 0.482. The Kier molecular flexibility index (Phi) is 5.79. The van der Waals surface area contributed by atoms with E-state index >= 15 is 0 Å². The zero-order valence-corrected chi connectivity index (χ0v) is 19.3. The van der Waals surface area contributed by atoms with Crippen molar-refractivity contribution < 1.29 is 19.0 Å². The summed E-state index contributed by atoms with van der Waals surface area (Å²) in [6.07, 6.45) is 4.40. The fourth-order valence-electron chi connectivity index (χ4n) is 4.80. The van der Waals surface area contributed by atoms with E-state index in [-0.39, 0.29) is 17.3 Å². The summed E-state index contributed by atoms with van der Waals surface area (Å²) in [6.45, 7) is 3.21. The van der Waals surface area contributed by atoms with Gasteiger partial charge in [-0.2, -0.15) is 5.10 Å². The molecule has 2 aliphatic rings. The van der Waals surface area contributed by atoms with Gasteiger partial charge in [-0.1, -0.05) is 23.7 Å². The number of ether oxygens (including phenoxy) is 1. The topological polar surface area (TPSA) is 67.6 Å². The van der Waals surface area contributed by atoms with Crippen LogP contribution in [0.15, 0.2) is 42.6 Å². The van der Waals surface area contributed by atoms with Gasteiger partial charge in [-0.25, -0.2) is 9.18 Å². The van der Waals surface area contributed by atoms with Gasteiger partial charge in [-0.3, -0.25) is 4.68 Å². The van der Waals surface area contributed by atoms with E-state index in [0.717, 1.165) is 34.9 Å². The highest BCUT2D eigenvalue weighted by atomic mass is 35.5. The van der Waals surface area contributed by atoms with Crippen LogP contribution in [0.4, 0.5) is 9.18 Å². The van der Waals surface area contributed by atoms with Gasteiger partial charge in [0.1, 0.15) is 5.82 Å². The standard InChI is InChI=1S/C25H27ClFN3O3/c1-16(22-13-19(26)12-17-14-30(21-6-7-21)28-23(17)22)33-15-25(18-2-4-20(27)5-3-18)8-10-29(11-9-25)24(31)32/h2-5,12-14,16,21H,6-11,15H2,1H3,(H,31,32). The molecule has 0 bridgehead atoms. The van der Waals surface area contributed by atoms with Crippen molar-refractivity contribution in [1.82, 2.24) is 14.7 Å². The third-order valence-corrected chi connectivity index (χ3v) is 7.25. The zero-order chi connectivity index (χ0) is 23.2. The predicted molar refractivity (Wildman–Crippen MR) is 124 cm³/mol. The Balaban J connectivity index is 1.40. The number of piperidine rings is 1. The van der Waals surface area contributed by atoms with E-state index in [1.807, 2.05) is 23.7 Å². The van der Waals surface area contributed by atoms with Crippen molar-refractivity contribution in [3.63, 3.8) is 0 Å². The first-order chi connectivity index (χ1) is 15.8. The van der Waals surface area contributed by atoms with Crippen molar-refractivity contribution in [1.29, 1.82) is 0 Å². The van der Waals surface area contributed by atoms with Crippen LogP contribution in [0.25, 0.3) is 10.9 Å². The summed E-state index contributed by atoms with van der Waals surface area (Å²) in [5, 5.41) is 15.8. The van der Waals surface area contributed by atoms with Crippen molar-refractivity contribution >= 4 is 28.6 Å². The molecule has 0 spiro atoms. The van der Waals surface area contributed by atoms with Crippen LogP contribution in [0.1, 0.15) is 55.9 Å². The molecule has 3 aromatic rings. The highest BCUT2D eigenvalue weighted by Crippen LogP contribution is 2.40. The Morgan fingerprint density at radius 1 is 1.27 bits per heavy atom. The van der Waals surface area contributed by atoms with Crippen molar-refractivity contribution in [2.24, 2.45) is 0 Å². The van der Waals surface area contributed by atoms with Gasteiger partial charge < -0.3 is 14.7 Å². The molecule has 1 amide bonds. The van der Waals surface area contributed by atoms with Gasteiger partial charge in [-0.05, 0) is 62.4 Å². The number of aromatic nitrogens is 2. The highest BCUT2D eigenvalue weighted by molar-refractivity contribution is 6.31. The van der Waals surface area contributed by atoms with Crippen LogP contribution in [0, 0.1) is 5.82 Å². The Labute approximate surface area is 196 Å². The summed E-state index contributed by atoms with van der Waals surface area (Å²) in [6, 6.07) is 10.8. The second-order valence-corrected chi connectivity index (χ2v) is 9.72. The van der Waals surface area contributed by atoms with Crippen LogP contribution in [-0.2, 0) is 10.2 Å². The van der Waals surface area contributed by atoms with Crippen molar-refractivity contribution in [2.45, 2.75) is 50.2 Å². The van der Waals surface area contributed by atoms with Gasteiger partial charge in [0.2, 0.25) is 0 Å². The number of hydrogen-bond acceptors (Lipinski definition) is 3. The molecule has 1 aliphatic carbocycles. The number of carbonyl (C=O) groups is 1. The minimum atomic E-state index is -0.912. The third kappa shape index (κ3) is 4.44. The maximum atomic E-state index is 13.6. The van der Waals surface area contributed by atoms with Gasteiger partial charge >= 0.3 is 6.09 Å². The Morgan fingerprint density at radius 3 is 2.61 bits per heavy atom. The van der Waals surface area contributed by atoms with Crippen molar-refractivity contribution in [2.75, 3.05) is 19.7 Å². The first-order valence-corrected chi connectivity index (χ1v) is 11.8. The molecule has 33 heavy (non-hydrogen) atoms. The minimum absolute atomic E-state index is 0.261. The van der Waals surface area contributed by atoms with E-state index in [4.69, 9.17) is 21.4 Å². The molecule has 1 N–H and O–H groups in total. The molecule has 0 radical (unpaired) electrons. The van der Waals surface area contributed by atoms with Crippen LogP contribution in [0.3, 0.4) is 0 Å². The maximum absolute atomic E-state index is 13.6. The summed E-state index contributed by atoms with van der Waals surface area (Å²) >= 11 is 6.42. The van der Waals surface area contributed by atoms with E-state index < -0.39 is 6.09 Å². The number of likely N-dealkylation sites (tertiary alicyclic amines) is 1. The van der Waals surface area contributed by atoms with Crippen molar-refractivity contribution in [3.05, 3.63) is 64.6 Å². The average molecular weight is 472 g/mol. The number of halogens is 2. The summed E-state index contributed by atoms with van der Waals surface area (Å²) in [4.78, 5) is 12.9. The lowest BCUT2D eigenvalue weighted by Crippen LogP contribution is -2.47. The van der Waals surface area contributed by atoms with E-state index in [1.54, 1.807) is 12.1 Å². The molecule has 1 atom stereocenters. The van der Waals surface area contributed by atoms with E-state index in [1.165, 1.54) is 17.0 Å². The smallest absolute Gasteiger partial charge is 0.407 e. The first kappa shape index (κ1) is 22.2. The minimum Gasteiger partial charge on any atom is -0.465 e. The molecular formula is C25H27ClFN3O3. The second kappa shape index (κ2) is 8.61. The van der Waals surface area contributed by atoms with Gasteiger partial charge in [0.25, 0.3) is 0 Å². The number of rotatable bonds is 6. The summed E-state index contributed by atoms with van der Waals surface area (Å²) < 4.78 is 22.1. The predicted octanol–water partition coefficient (Wildman–Crippen LogP) is 5.95. The van der Waals surface area contributed by atoms with Crippen LogP contribution in [0.5, 0.6) is 0 Å². The molecule has 1 aromatic heterocycles. The summed E-state index contributed by atoms with van der Waals surface area (Å²) in [5.74, 6) is -0.293. The SMILES string of the molecule is CC(OCC1(c2ccc(F)cc2)CCN(C(=O)O)CC1)c1cc(Cl)cc2cn(C3CC3)nc12. The second-order valence-electron chi connectivity index (χ2n) is 9.28. The lowest BCUT2D eigenvalue weighted by molar-refractivity contribution is 0.00556. The number of hydrogen-bond donors (Lipinski definition) is 1. The molecule has 2 fully saturated rings. The van der Waals surface area contributed by atoms with Gasteiger partial charge in [0.05, 0.1) is 24.3 Å².